The Morgan fingerprint density at radius 1 is 1.62 bits per heavy atom. The summed E-state index contributed by atoms with van der Waals surface area (Å²) < 4.78 is 1.92. The molecule has 0 saturated heterocycles. The molecule has 1 amide bonds. The second-order valence-electron chi connectivity index (χ2n) is 2.83. The summed E-state index contributed by atoms with van der Waals surface area (Å²) in [5, 5.41) is 0. The van der Waals surface area contributed by atoms with E-state index < -0.39 is 5.91 Å². The van der Waals surface area contributed by atoms with Crippen LogP contribution in [-0.2, 0) is 6.54 Å². The molecule has 0 spiro atoms. The van der Waals surface area contributed by atoms with Crippen molar-refractivity contribution < 1.29 is 4.79 Å². The van der Waals surface area contributed by atoms with E-state index >= 15 is 0 Å². The van der Waals surface area contributed by atoms with Crippen molar-refractivity contribution in [2.45, 2.75) is 6.54 Å². The fourth-order valence-electron chi connectivity index (χ4n) is 1.27. The van der Waals surface area contributed by atoms with E-state index in [1.54, 1.807) is 24.7 Å². The van der Waals surface area contributed by atoms with Crippen LogP contribution in [0.25, 0.3) is 0 Å². The number of primary amides is 1. The zero-order valence-corrected chi connectivity index (χ0v) is 6.97. The van der Waals surface area contributed by atoms with Crippen molar-refractivity contribution in [2.75, 3.05) is 0 Å². The van der Waals surface area contributed by atoms with E-state index in [1.807, 2.05) is 10.6 Å². The van der Waals surface area contributed by atoms with Crippen molar-refractivity contribution in [3.05, 3.63) is 35.8 Å². The van der Waals surface area contributed by atoms with E-state index in [0.29, 0.717) is 5.56 Å². The van der Waals surface area contributed by atoms with Gasteiger partial charge in [0.15, 0.2) is 0 Å². The van der Waals surface area contributed by atoms with Gasteiger partial charge in [-0.3, -0.25) is 9.79 Å². The fourth-order valence-corrected chi connectivity index (χ4v) is 1.27. The largest absolute Gasteiger partial charge is 0.366 e. The van der Waals surface area contributed by atoms with Crippen molar-refractivity contribution >= 4 is 12.1 Å². The van der Waals surface area contributed by atoms with Gasteiger partial charge >= 0.3 is 0 Å². The second-order valence-corrected chi connectivity index (χ2v) is 2.83. The summed E-state index contributed by atoms with van der Waals surface area (Å²) in [5.41, 5.74) is 6.58. The number of nitrogens with two attached hydrogens (primary N) is 1. The van der Waals surface area contributed by atoms with Crippen molar-refractivity contribution in [3.8, 4) is 0 Å². The Labute approximate surface area is 75.4 Å². The highest BCUT2D eigenvalue weighted by atomic mass is 16.1. The van der Waals surface area contributed by atoms with Crippen LogP contribution >= 0.6 is 0 Å². The molecule has 0 atom stereocenters. The average Bonchev–Trinajstić information content (AvgIpc) is 2.38. The maximum absolute atomic E-state index is 10.9. The quantitative estimate of drug-likeness (QED) is 0.665. The molecular formula is C9H9N3O. The highest BCUT2D eigenvalue weighted by Crippen LogP contribution is 2.08. The van der Waals surface area contributed by atoms with Gasteiger partial charge in [-0.1, -0.05) is 0 Å². The van der Waals surface area contributed by atoms with Crippen molar-refractivity contribution in [2.24, 2.45) is 10.7 Å². The number of allylic oxidation sites excluding steroid dienone is 1. The van der Waals surface area contributed by atoms with Gasteiger partial charge in [-0.25, -0.2) is 0 Å². The Kier molecular flexibility index (Phi) is 1.73. The number of aromatic nitrogens is 1. The van der Waals surface area contributed by atoms with Crippen LogP contribution < -0.4 is 5.73 Å². The number of carbonyl (C=O) groups excluding carboxylic acids is 1. The predicted molar refractivity (Wildman–Crippen MR) is 49.7 cm³/mol. The first kappa shape index (κ1) is 7.79. The molecule has 0 unspecified atom stereocenters. The first-order chi connectivity index (χ1) is 6.27. The third kappa shape index (κ3) is 1.38. The summed E-state index contributed by atoms with van der Waals surface area (Å²) in [4.78, 5) is 14.9. The lowest BCUT2D eigenvalue weighted by Crippen LogP contribution is -2.09. The Morgan fingerprint density at radius 2 is 2.46 bits per heavy atom. The second kappa shape index (κ2) is 2.90. The summed E-state index contributed by atoms with van der Waals surface area (Å²) in [7, 11) is 0. The number of carbonyl (C=O) groups is 1. The van der Waals surface area contributed by atoms with Crippen molar-refractivity contribution in [1.29, 1.82) is 0 Å². The average molecular weight is 175 g/mol. The van der Waals surface area contributed by atoms with Gasteiger partial charge in [0.25, 0.3) is 0 Å². The first-order valence-corrected chi connectivity index (χ1v) is 3.95. The zero-order valence-electron chi connectivity index (χ0n) is 6.97. The van der Waals surface area contributed by atoms with E-state index in [1.165, 1.54) is 0 Å². The molecule has 0 fully saturated rings. The van der Waals surface area contributed by atoms with Crippen LogP contribution in [0.4, 0.5) is 0 Å². The summed E-state index contributed by atoms with van der Waals surface area (Å²) >= 11 is 0. The molecule has 13 heavy (non-hydrogen) atoms. The number of fused-ring (bicyclic) bond motifs is 1. The van der Waals surface area contributed by atoms with Crippen LogP contribution in [0.15, 0.2) is 29.5 Å². The maximum atomic E-state index is 10.9. The molecule has 0 saturated carbocycles. The van der Waals surface area contributed by atoms with Crippen LogP contribution in [0.1, 0.15) is 16.1 Å². The fraction of sp³-hybridized carbons (Fsp3) is 0.111. The molecule has 0 radical (unpaired) electrons. The van der Waals surface area contributed by atoms with Gasteiger partial charge in [0, 0.05) is 18.9 Å². The van der Waals surface area contributed by atoms with Crippen LogP contribution in [0, 0.1) is 0 Å². The topological polar surface area (TPSA) is 60.4 Å². The third-order valence-corrected chi connectivity index (χ3v) is 1.91. The molecule has 1 aliphatic rings. The van der Waals surface area contributed by atoms with Crippen molar-refractivity contribution in [3.63, 3.8) is 0 Å². The molecule has 66 valence electrons. The van der Waals surface area contributed by atoms with Gasteiger partial charge in [-0.2, -0.15) is 0 Å². The SMILES string of the molecule is NC(=O)c1cc2n(c1)CC=CN=C2. The van der Waals surface area contributed by atoms with E-state index in [-0.39, 0.29) is 0 Å². The molecule has 2 N–H and O–H groups in total. The van der Waals surface area contributed by atoms with Gasteiger partial charge in [-0.15, -0.1) is 0 Å². The Bertz CT molecular complexity index is 401. The summed E-state index contributed by atoms with van der Waals surface area (Å²) in [6.07, 6.45) is 7.09. The van der Waals surface area contributed by atoms with E-state index in [4.69, 9.17) is 5.73 Å². The molecule has 0 bridgehead atoms. The zero-order chi connectivity index (χ0) is 9.26. The number of amides is 1. The molecule has 1 aromatic heterocycles. The summed E-state index contributed by atoms with van der Waals surface area (Å²) in [5.74, 6) is -0.405. The molecule has 2 rings (SSSR count). The smallest absolute Gasteiger partial charge is 0.250 e. The number of aliphatic imine (C=N–C) groups is 1. The lowest BCUT2D eigenvalue weighted by atomic mass is 10.3. The molecule has 2 heterocycles. The molecule has 4 nitrogen and oxygen atoms in total. The lowest BCUT2D eigenvalue weighted by molar-refractivity contribution is 0.100. The van der Waals surface area contributed by atoms with Crippen LogP contribution in [-0.4, -0.2) is 16.7 Å². The van der Waals surface area contributed by atoms with Crippen LogP contribution in [0.5, 0.6) is 0 Å². The lowest BCUT2D eigenvalue weighted by Gasteiger charge is -1.97. The molecule has 0 aliphatic carbocycles. The normalized spacial score (nSPS) is 13.8. The molecule has 1 aromatic rings. The Hall–Kier alpha value is -1.84. The van der Waals surface area contributed by atoms with Gasteiger partial charge < -0.3 is 10.3 Å². The van der Waals surface area contributed by atoms with Gasteiger partial charge in [-0.05, 0) is 12.1 Å². The maximum Gasteiger partial charge on any atom is 0.250 e. The minimum atomic E-state index is -0.405. The minimum Gasteiger partial charge on any atom is -0.366 e. The number of rotatable bonds is 1. The van der Waals surface area contributed by atoms with Crippen LogP contribution in [0.2, 0.25) is 0 Å². The highest BCUT2D eigenvalue weighted by Gasteiger charge is 2.07. The standard InChI is InChI=1S/C9H9N3O/c10-9(13)7-4-8-5-11-2-1-3-12(8)6-7/h1-2,4-6H,3H2,(H2,10,13). The molecule has 4 heteroatoms. The number of hydrogen-bond donors (Lipinski definition) is 1. The van der Waals surface area contributed by atoms with E-state index in [9.17, 15) is 4.79 Å². The highest BCUT2D eigenvalue weighted by molar-refractivity contribution is 5.95. The Morgan fingerprint density at radius 3 is 3.23 bits per heavy atom. The summed E-state index contributed by atoms with van der Waals surface area (Å²) in [6.45, 7) is 0.725. The van der Waals surface area contributed by atoms with E-state index in [0.717, 1.165) is 12.2 Å². The molecule has 1 aliphatic heterocycles. The van der Waals surface area contributed by atoms with Crippen molar-refractivity contribution in [1.82, 2.24) is 4.57 Å². The minimum absolute atomic E-state index is 0.405. The van der Waals surface area contributed by atoms with Gasteiger partial charge in [0.05, 0.1) is 17.5 Å². The van der Waals surface area contributed by atoms with E-state index in [2.05, 4.69) is 4.99 Å². The van der Waals surface area contributed by atoms with Crippen LogP contribution in [0.3, 0.4) is 0 Å². The van der Waals surface area contributed by atoms with Gasteiger partial charge in [0.1, 0.15) is 0 Å². The monoisotopic (exact) mass is 175 g/mol. The Balaban J connectivity index is 2.46. The first-order valence-electron chi connectivity index (χ1n) is 3.95. The third-order valence-electron chi connectivity index (χ3n) is 1.91. The van der Waals surface area contributed by atoms with Gasteiger partial charge in [0.2, 0.25) is 5.91 Å². The molecular weight excluding hydrogens is 166 g/mol. The molecule has 0 aromatic carbocycles. The predicted octanol–water partition coefficient (Wildman–Crippen LogP) is 0.533. The number of nitrogens with zero attached hydrogens (tertiary/aromatic N) is 2. The summed E-state index contributed by atoms with van der Waals surface area (Å²) in [6, 6.07) is 1.73. The number of hydrogen-bond acceptors (Lipinski definition) is 2.